The molecule has 0 radical (unpaired) electrons. The molecule has 2 bridgehead atoms. The van der Waals surface area contributed by atoms with E-state index in [9.17, 15) is 13.2 Å². The molecular formula is C10H15ClO3S. The lowest BCUT2D eigenvalue weighted by atomic mass is 9.71. The molecule has 0 aromatic rings. The molecule has 2 fully saturated rings. The van der Waals surface area contributed by atoms with Crippen LogP contribution in [0.25, 0.3) is 0 Å². The number of Topliss-reactive ketones (excluding diaryl/α,β-unsaturated/α-hetero) is 1. The molecule has 2 saturated carbocycles. The van der Waals surface area contributed by atoms with Gasteiger partial charge >= 0.3 is 0 Å². The summed E-state index contributed by atoms with van der Waals surface area (Å²) < 4.78 is 22.3. The molecule has 0 N–H and O–H groups in total. The number of rotatable bonds is 2. The monoisotopic (exact) mass is 250 g/mol. The topological polar surface area (TPSA) is 51.2 Å². The molecule has 0 heterocycles. The van der Waals surface area contributed by atoms with Crippen molar-refractivity contribution < 1.29 is 13.2 Å². The second-order valence-electron chi connectivity index (χ2n) is 5.45. The van der Waals surface area contributed by atoms with E-state index in [1.54, 1.807) is 0 Å². The number of ketones is 1. The first-order valence-corrected chi connectivity index (χ1v) is 7.62. The first kappa shape index (κ1) is 11.4. The Labute approximate surface area is 94.6 Å². The fraction of sp³-hybridized carbons (Fsp3) is 0.900. The zero-order valence-corrected chi connectivity index (χ0v) is 10.5. The van der Waals surface area contributed by atoms with Crippen molar-refractivity contribution in [1.29, 1.82) is 0 Å². The molecule has 2 aliphatic carbocycles. The highest BCUT2D eigenvalue weighted by Crippen LogP contribution is 2.60. The molecule has 0 aromatic carbocycles. The van der Waals surface area contributed by atoms with Crippen LogP contribution in [0.3, 0.4) is 0 Å². The number of halogens is 1. The lowest BCUT2D eigenvalue weighted by molar-refractivity contribution is -0.134. The van der Waals surface area contributed by atoms with Gasteiger partial charge in [0.05, 0.1) is 5.75 Å². The SMILES string of the molecule is CC1(C)C(=O)C2(CS(=O)(=O)Cl)CCC1C2. The van der Waals surface area contributed by atoms with Crippen LogP contribution in [-0.4, -0.2) is 20.0 Å². The normalized spacial score (nSPS) is 38.6. The van der Waals surface area contributed by atoms with E-state index in [2.05, 4.69) is 0 Å². The summed E-state index contributed by atoms with van der Waals surface area (Å²) in [4.78, 5) is 12.2. The molecular weight excluding hydrogens is 236 g/mol. The van der Waals surface area contributed by atoms with Gasteiger partial charge in [-0.2, -0.15) is 0 Å². The van der Waals surface area contributed by atoms with Crippen LogP contribution >= 0.6 is 10.7 Å². The fourth-order valence-electron chi connectivity index (χ4n) is 3.34. The Morgan fingerprint density at radius 3 is 2.47 bits per heavy atom. The fourth-order valence-corrected chi connectivity index (χ4v) is 5.02. The van der Waals surface area contributed by atoms with Gasteiger partial charge in [0.15, 0.2) is 0 Å². The third-order valence-electron chi connectivity index (χ3n) is 4.14. The van der Waals surface area contributed by atoms with Crippen molar-refractivity contribution in [3.05, 3.63) is 0 Å². The number of carbonyl (C=O) groups is 1. The molecule has 2 atom stereocenters. The second kappa shape index (κ2) is 2.98. The van der Waals surface area contributed by atoms with E-state index in [1.165, 1.54) is 0 Å². The molecule has 0 aromatic heterocycles. The van der Waals surface area contributed by atoms with Crippen LogP contribution in [0.4, 0.5) is 0 Å². The Bertz CT molecular complexity index is 412. The van der Waals surface area contributed by atoms with Crippen LogP contribution < -0.4 is 0 Å². The number of hydrogen-bond donors (Lipinski definition) is 0. The van der Waals surface area contributed by atoms with E-state index in [1.807, 2.05) is 13.8 Å². The summed E-state index contributed by atoms with van der Waals surface area (Å²) in [5.41, 5.74) is -1.03. The van der Waals surface area contributed by atoms with Crippen LogP contribution in [-0.2, 0) is 13.8 Å². The Morgan fingerprint density at radius 2 is 2.07 bits per heavy atom. The highest BCUT2D eigenvalue weighted by Gasteiger charge is 2.62. The van der Waals surface area contributed by atoms with Crippen molar-refractivity contribution in [2.24, 2.45) is 16.7 Å². The van der Waals surface area contributed by atoms with Crippen LogP contribution in [0.5, 0.6) is 0 Å². The van der Waals surface area contributed by atoms with Crippen LogP contribution in [0.1, 0.15) is 33.1 Å². The second-order valence-corrected chi connectivity index (χ2v) is 8.23. The Morgan fingerprint density at radius 1 is 1.47 bits per heavy atom. The maximum Gasteiger partial charge on any atom is 0.233 e. The molecule has 2 rings (SSSR count). The molecule has 0 saturated heterocycles. The van der Waals surface area contributed by atoms with Gasteiger partial charge in [-0.05, 0) is 25.2 Å². The Balaban J connectivity index is 2.36. The van der Waals surface area contributed by atoms with Gasteiger partial charge in [0, 0.05) is 21.5 Å². The number of fused-ring (bicyclic) bond motifs is 2. The highest BCUT2D eigenvalue weighted by molar-refractivity contribution is 8.13. The van der Waals surface area contributed by atoms with Crippen LogP contribution in [0.2, 0.25) is 0 Å². The van der Waals surface area contributed by atoms with Crippen molar-refractivity contribution in [2.45, 2.75) is 33.1 Å². The Kier molecular flexibility index (Phi) is 2.26. The van der Waals surface area contributed by atoms with Crippen molar-refractivity contribution in [1.82, 2.24) is 0 Å². The van der Waals surface area contributed by atoms with E-state index in [0.29, 0.717) is 18.8 Å². The van der Waals surface area contributed by atoms with Crippen LogP contribution in [0, 0.1) is 16.7 Å². The largest absolute Gasteiger partial charge is 0.298 e. The molecule has 2 aliphatic rings. The smallest absolute Gasteiger partial charge is 0.233 e. The number of hydrogen-bond acceptors (Lipinski definition) is 3. The van der Waals surface area contributed by atoms with E-state index in [0.717, 1.165) is 6.42 Å². The minimum atomic E-state index is -3.58. The maximum atomic E-state index is 12.2. The quantitative estimate of drug-likeness (QED) is 0.704. The first-order valence-electron chi connectivity index (χ1n) is 5.15. The van der Waals surface area contributed by atoms with E-state index in [4.69, 9.17) is 10.7 Å². The van der Waals surface area contributed by atoms with Crippen molar-refractivity contribution in [2.75, 3.05) is 5.75 Å². The molecule has 3 nitrogen and oxygen atoms in total. The predicted octanol–water partition coefficient (Wildman–Crippen LogP) is 1.95. The minimum absolute atomic E-state index is 0.0930. The van der Waals surface area contributed by atoms with Crippen molar-refractivity contribution >= 4 is 25.5 Å². The van der Waals surface area contributed by atoms with E-state index >= 15 is 0 Å². The Hall–Kier alpha value is -0.0900. The van der Waals surface area contributed by atoms with Gasteiger partial charge in [-0.1, -0.05) is 13.8 Å². The minimum Gasteiger partial charge on any atom is -0.298 e. The van der Waals surface area contributed by atoms with Gasteiger partial charge in [0.2, 0.25) is 9.05 Å². The summed E-state index contributed by atoms with van der Waals surface area (Å²) in [6.07, 6.45) is 2.34. The molecule has 0 aliphatic heterocycles. The summed E-state index contributed by atoms with van der Waals surface area (Å²) in [6, 6.07) is 0. The van der Waals surface area contributed by atoms with Gasteiger partial charge in [-0.15, -0.1) is 0 Å². The third kappa shape index (κ3) is 1.62. The summed E-state index contributed by atoms with van der Waals surface area (Å²) in [6.45, 7) is 3.84. The molecule has 0 amide bonds. The van der Waals surface area contributed by atoms with Gasteiger partial charge in [-0.3, -0.25) is 4.79 Å². The van der Waals surface area contributed by atoms with Gasteiger partial charge < -0.3 is 0 Å². The lowest BCUT2D eigenvalue weighted by Gasteiger charge is -2.32. The molecule has 5 heteroatoms. The summed E-state index contributed by atoms with van der Waals surface area (Å²) >= 11 is 0. The van der Waals surface area contributed by atoms with Gasteiger partial charge in [-0.25, -0.2) is 8.42 Å². The lowest BCUT2D eigenvalue weighted by Crippen LogP contribution is -2.40. The van der Waals surface area contributed by atoms with Crippen molar-refractivity contribution in [3.8, 4) is 0 Å². The number of carbonyl (C=O) groups excluding carboxylic acids is 1. The predicted molar refractivity (Wildman–Crippen MR) is 58.2 cm³/mol. The zero-order valence-electron chi connectivity index (χ0n) is 8.92. The molecule has 2 unspecified atom stereocenters. The van der Waals surface area contributed by atoms with Crippen molar-refractivity contribution in [3.63, 3.8) is 0 Å². The van der Waals surface area contributed by atoms with E-state index < -0.39 is 14.5 Å². The summed E-state index contributed by atoms with van der Waals surface area (Å²) in [5, 5.41) is 0. The van der Waals surface area contributed by atoms with Crippen LogP contribution in [0.15, 0.2) is 0 Å². The third-order valence-corrected chi connectivity index (χ3v) is 5.37. The molecule has 86 valence electrons. The highest BCUT2D eigenvalue weighted by atomic mass is 35.7. The molecule has 15 heavy (non-hydrogen) atoms. The summed E-state index contributed by atoms with van der Waals surface area (Å²) in [5.74, 6) is 0.249. The first-order chi connectivity index (χ1) is 6.67. The average Bonchev–Trinajstić information content (AvgIpc) is 2.50. The van der Waals surface area contributed by atoms with Gasteiger partial charge in [0.25, 0.3) is 0 Å². The summed E-state index contributed by atoms with van der Waals surface area (Å²) in [7, 11) is 1.70. The maximum absolute atomic E-state index is 12.2. The average molecular weight is 251 g/mol. The van der Waals surface area contributed by atoms with E-state index in [-0.39, 0.29) is 17.0 Å². The van der Waals surface area contributed by atoms with Gasteiger partial charge in [0.1, 0.15) is 5.78 Å². The molecule has 0 spiro atoms. The zero-order chi connectivity index (χ0) is 11.5. The standard InChI is InChI=1S/C10H15ClO3S/c1-9(2)7-3-4-10(5-7,8(9)12)6-15(11,13)14/h7H,3-6H2,1-2H3.